The Bertz CT molecular complexity index is 208. The third kappa shape index (κ3) is 5.36. The predicted molar refractivity (Wildman–Crippen MR) is 72.9 cm³/mol. The summed E-state index contributed by atoms with van der Waals surface area (Å²) in [5.41, 5.74) is 6.12. The zero-order valence-corrected chi connectivity index (χ0v) is 11.7. The van der Waals surface area contributed by atoms with E-state index in [4.69, 9.17) is 5.73 Å². The van der Waals surface area contributed by atoms with Crippen molar-refractivity contribution in [3.05, 3.63) is 0 Å². The van der Waals surface area contributed by atoms with E-state index in [0.717, 1.165) is 25.9 Å². The average Bonchev–Trinajstić information content (AvgIpc) is 2.25. The third-order valence-corrected chi connectivity index (χ3v) is 3.82. The van der Waals surface area contributed by atoms with Gasteiger partial charge < -0.3 is 15.7 Å². The van der Waals surface area contributed by atoms with Crippen LogP contribution in [-0.4, -0.2) is 41.8 Å². The summed E-state index contributed by atoms with van der Waals surface area (Å²) in [6.45, 7) is 9.72. The molecule has 1 rings (SSSR count). The van der Waals surface area contributed by atoms with Gasteiger partial charge in [0.2, 0.25) is 0 Å². The SMILES string of the molecule is CCCCN1CC(N)CC(CC(O)C(C)C)C1. The maximum Gasteiger partial charge on any atom is 0.0566 e. The molecule has 3 atom stereocenters. The van der Waals surface area contributed by atoms with Gasteiger partial charge in [0.25, 0.3) is 0 Å². The molecule has 0 bridgehead atoms. The first-order valence-electron chi connectivity index (χ1n) is 7.18. The van der Waals surface area contributed by atoms with Crippen molar-refractivity contribution in [2.24, 2.45) is 17.6 Å². The molecule has 1 fully saturated rings. The van der Waals surface area contributed by atoms with Gasteiger partial charge >= 0.3 is 0 Å². The van der Waals surface area contributed by atoms with Gasteiger partial charge in [-0.05, 0) is 37.6 Å². The summed E-state index contributed by atoms with van der Waals surface area (Å²) >= 11 is 0. The van der Waals surface area contributed by atoms with Crippen molar-refractivity contribution >= 4 is 0 Å². The molecule has 0 aromatic carbocycles. The topological polar surface area (TPSA) is 49.5 Å². The van der Waals surface area contributed by atoms with Crippen LogP contribution < -0.4 is 5.73 Å². The molecule has 3 N–H and O–H groups in total. The lowest BCUT2D eigenvalue weighted by molar-refractivity contribution is 0.0658. The van der Waals surface area contributed by atoms with Crippen molar-refractivity contribution in [2.75, 3.05) is 19.6 Å². The number of aliphatic hydroxyl groups is 1. The Morgan fingerprint density at radius 1 is 1.35 bits per heavy atom. The molecular weight excluding hydrogens is 212 g/mol. The van der Waals surface area contributed by atoms with Crippen LogP contribution in [0, 0.1) is 11.8 Å². The molecule has 1 aliphatic rings. The Morgan fingerprint density at radius 3 is 2.65 bits per heavy atom. The number of aliphatic hydroxyl groups excluding tert-OH is 1. The first kappa shape index (κ1) is 14.9. The Kier molecular flexibility index (Phi) is 6.45. The highest BCUT2D eigenvalue weighted by molar-refractivity contribution is 4.83. The summed E-state index contributed by atoms with van der Waals surface area (Å²) in [6, 6.07) is 0.296. The maximum absolute atomic E-state index is 9.97. The fourth-order valence-electron chi connectivity index (χ4n) is 2.70. The van der Waals surface area contributed by atoms with Gasteiger partial charge in [-0.1, -0.05) is 27.2 Å². The molecular formula is C14H30N2O. The normalized spacial score (nSPS) is 28.6. The summed E-state index contributed by atoms with van der Waals surface area (Å²) in [5.74, 6) is 0.935. The van der Waals surface area contributed by atoms with E-state index in [9.17, 15) is 5.11 Å². The van der Waals surface area contributed by atoms with Crippen molar-refractivity contribution in [3.8, 4) is 0 Å². The van der Waals surface area contributed by atoms with Crippen LogP contribution >= 0.6 is 0 Å². The second-order valence-electron chi connectivity index (χ2n) is 6.02. The minimum Gasteiger partial charge on any atom is -0.393 e. The average molecular weight is 242 g/mol. The number of rotatable bonds is 6. The minimum absolute atomic E-state index is 0.168. The lowest BCUT2D eigenvalue weighted by atomic mass is 9.87. The summed E-state index contributed by atoms with van der Waals surface area (Å²) in [5, 5.41) is 9.97. The van der Waals surface area contributed by atoms with Crippen molar-refractivity contribution in [1.82, 2.24) is 4.90 Å². The summed E-state index contributed by atoms with van der Waals surface area (Å²) in [7, 11) is 0. The monoisotopic (exact) mass is 242 g/mol. The molecule has 0 aliphatic carbocycles. The van der Waals surface area contributed by atoms with Crippen LogP contribution in [-0.2, 0) is 0 Å². The van der Waals surface area contributed by atoms with E-state index in [-0.39, 0.29) is 6.10 Å². The molecule has 0 radical (unpaired) electrons. The third-order valence-electron chi connectivity index (χ3n) is 3.82. The fourth-order valence-corrected chi connectivity index (χ4v) is 2.70. The number of unbranched alkanes of at least 4 members (excludes halogenated alkanes) is 1. The van der Waals surface area contributed by atoms with E-state index < -0.39 is 0 Å². The molecule has 1 heterocycles. The number of nitrogens with two attached hydrogens (primary N) is 1. The van der Waals surface area contributed by atoms with Gasteiger partial charge in [-0.25, -0.2) is 0 Å². The molecule has 0 aromatic rings. The number of piperidine rings is 1. The highest BCUT2D eigenvalue weighted by Crippen LogP contribution is 2.23. The van der Waals surface area contributed by atoms with Crippen molar-refractivity contribution in [2.45, 2.75) is 58.6 Å². The Balaban J connectivity index is 2.39. The fraction of sp³-hybridized carbons (Fsp3) is 1.00. The molecule has 102 valence electrons. The second kappa shape index (κ2) is 7.34. The molecule has 3 heteroatoms. The molecule has 0 spiro atoms. The Hall–Kier alpha value is -0.120. The standard InChI is InChI=1S/C14H30N2O/c1-4-5-6-16-9-12(7-13(15)10-16)8-14(17)11(2)3/h11-14,17H,4-10,15H2,1-3H3. The predicted octanol–water partition coefficient (Wildman–Crippen LogP) is 1.84. The van der Waals surface area contributed by atoms with Gasteiger partial charge in [0.15, 0.2) is 0 Å². The van der Waals surface area contributed by atoms with Crippen LogP contribution in [0.2, 0.25) is 0 Å². The zero-order valence-electron chi connectivity index (χ0n) is 11.7. The van der Waals surface area contributed by atoms with E-state index >= 15 is 0 Å². The number of hydrogen-bond donors (Lipinski definition) is 2. The van der Waals surface area contributed by atoms with Crippen molar-refractivity contribution < 1.29 is 5.11 Å². The largest absolute Gasteiger partial charge is 0.393 e. The number of nitrogens with zero attached hydrogens (tertiary/aromatic N) is 1. The van der Waals surface area contributed by atoms with Gasteiger partial charge in [-0.15, -0.1) is 0 Å². The quantitative estimate of drug-likeness (QED) is 0.747. The van der Waals surface area contributed by atoms with E-state index in [2.05, 4.69) is 25.7 Å². The van der Waals surface area contributed by atoms with Crippen LogP contribution in [0.4, 0.5) is 0 Å². The smallest absolute Gasteiger partial charge is 0.0566 e. The molecule has 1 aliphatic heterocycles. The van der Waals surface area contributed by atoms with Crippen LogP contribution in [0.3, 0.4) is 0 Å². The Morgan fingerprint density at radius 2 is 2.06 bits per heavy atom. The van der Waals surface area contributed by atoms with Crippen LogP contribution in [0.15, 0.2) is 0 Å². The van der Waals surface area contributed by atoms with Crippen molar-refractivity contribution in [1.29, 1.82) is 0 Å². The molecule has 3 unspecified atom stereocenters. The number of likely N-dealkylation sites (tertiary alicyclic amines) is 1. The number of hydrogen-bond acceptors (Lipinski definition) is 3. The lowest BCUT2D eigenvalue weighted by Crippen LogP contribution is -2.48. The highest BCUT2D eigenvalue weighted by Gasteiger charge is 2.27. The van der Waals surface area contributed by atoms with Gasteiger partial charge in [0.05, 0.1) is 6.10 Å². The first-order valence-corrected chi connectivity index (χ1v) is 7.18. The van der Waals surface area contributed by atoms with Crippen LogP contribution in [0.1, 0.15) is 46.5 Å². The molecule has 0 amide bonds. The lowest BCUT2D eigenvalue weighted by Gasteiger charge is -2.37. The highest BCUT2D eigenvalue weighted by atomic mass is 16.3. The molecule has 1 saturated heterocycles. The van der Waals surface area contributed by atoms with Crippen LogP contribution in [0.5, 0.6) is 0 Å². The first-order chi connectivity index (χ1) is 8.02. The van der Waals surface area contributed by atoms with E-state index in [1.807, 2.05) is 0 Å². The van der Waals surface area contributed by atoms with Crippen molar-refractivity contribution in [3.63, 3.8) is 0 Å². The molecule has 3 nitrogen and oxygen atoms in total. The summed E-state index contributed by atoms with van der Waals surface area (Å²) in [6.07, 6.45) is 4.32. The van der Waals surface area contributed by atoms with Gasteiger partial charge in [-0.3, -0.25) is 0 Å². The molecule has 17 heavy (non-hydrogen) atoms. The van der Waals surface area contributed by atoms with Gasteiger partial charge in [0, 0.05) is 19.1 Å². The summed E-state index contributed by atoms with van der Waals surface area (Å²) < 4.78 is 0. The van der Waals surface area contributed by atoms with Gasteiger partial charge in [0.1, 0.15) is 0 Å². The van der Waals surface area contributed by atoms with E-state index in [0.29, 0.717) is 17.9 Å². The summed E-state index contributed by atoms with van der Waals surface area (Å²) in [4.78, 5) is 2.48. The Labute approximate surface area is 106 Å². The molecule has 0 aromatic heterocycles. The van der Waals surface area contributed by atoms with Crippen LogP contribution in [0.25, 0.3) is 0 Å². The van der Waals surface area contributed by atoms with E-state index in [1.54, 1.807) is 0 Å². The second-order valence-corrected chi connectivity index (χ2v) is 6.02. The minimum atomic E-state index is -0.168. The zero-order chi connectivity index (χ0) is 12.8. The molecule has 0 saturated carbocycles. The van der Waals surface area contributed by atoms with E-state index in [1.165, 1.54) is 19.4 Å². The maximum atomic E-state index is 9.97. The van der Waals surface area contributed by atoms with Gasteiger partial charge in [-0.2, -0.15) is 0 Å².